The quantitative estimate of drug-likeness (QED) is 0.845. The number of benzene rings is 2. The molecule has 2 aromatic rings. The maximum atomic E-state index is 10.9. The molecule has 3 nitrogen and oxygen atoms in total. The Morgan fingerprint density at radius 1 is 1.21 bits per heavy atom. The van der Waals surface area contributed by atoms with Crippen molar-refractivity contribution < 1.29 is 14.6 Å². The van der Waals surface area contributed by atoms with Crippen LogP contribution in [0.2, 0.25) is 0 Å². The summed E-state index contributed by atoms with van der Waals surface area (Å²) < 4.78 is 5.28. The number of thioether (sulfide) groups is 1. The normalized spacial score (nSPS) is 10.2. The number of carbonyl (C=O) groups is 1. The molecule has 0 bridgehead atoms. The van der Waals surface area contributed by atoms with E-state index in [-0.39, 0.29) is 0 Å². The zero-order valence-electron chi connectivity index (χ0n) is 10.5. The molecule has 0 saturated carbocycles. The summed E-state index contributed by atoms with van der Waals surface area (Å²) in [6.07, 6.45) is 0. The molecule has 0 aliphatic rings. The SMILES string of the molecule is COc1ccccc1SCc1cccc(C(=O)O)c1. The van der Waals surface area contributed by atoms with E-state index >= 15 is 0 Å². The molecule has 0 saturated heterocycles. The van der Waals surface area contributed by atoms with Crippen LogP contribution in [0.5, 0.6) is 5.75 Å². The van der Waals surface area contributed by atoms with Gasteiger partial charge in [-0.15, -0.1) is 11.8 Å². The van der Waals surface area contributed by atoms with Gasteiger partial charge >= 0.3 is 5.97 Å². The largest absolute Gasteiger partial charge is 0.496 e. The number of hydrogen-bond acceptors (Lipinski definition) is 3. The van der Waals surface area contributed by atoms with E-state index in [1.807, 2.05) is 30.3 Å². The van der Waals surface area contributed by atoms with Gasteiger partial charge in [0.2, 0.25) is 0 Å². The second kappa shape index (κ2) is 6.29. The van der Waals surface area contributed by atoms with E-state index in [1.54, 1.807) is 37.1 Å². The molecule has 0 unspecified atom stereocenters. The minimum absolute atomic E-state index is 0.318. The lowest BCUT2D eigenvalue weighted by Gasteiger charge is -2.07. The Labute approximate surface area is 116 Å². The number of rotatable bonds is 5. The lowest BCUT2D eigenvalue weighted by atomic mass is 10.1. The fourth-order valence-electron chi connectivity index (χ4n) is 1.69. The van der Waals surface area contributed by atoms with Crippen molar-refractivity contribution in [2.24, 2.45) is 0 Å². The maximum absolute atomic E-state index is 10.9. The van der Waals surface area contributed by atoms with E-state index in [4.69, 9.17) is 9.84 Å². The first-order valence-corrected chi connectivity index (χ1v) is 6.77. The summed E-state index contributed by atoms with van der Waals surface area (Å²) in [5.74, 6) is 0.646. The standard InChI is InChI=1S/C15H14O3S/c1-18-13-7-2-3-8-14(13)19-10-11-5-4-6-12(9-11)15(16)17/h2-9H,10H2,1H3,(H,16,17). The van der Waals surface area contributed by atoms with Crippen molar-refractivity contribution in [1.82, 2.24) is 0 Å². The molecule has 19 heavy (non-hydrogen) atoms. The number of ether oxygens (including phenoxy) is 1. The summed E-state index contributed by atoms with van der Waals surface area (Å²) in [6.45, 7) is 0. The minimum atomic E-state index is -0.899. The molecule has 0 spiro atoms. The van der Waals surface area contributed by atoms with Gasteiger partial charge in [0.15, 0.2) is 0 Å². The Morgan fingerprint density at radius 3 is 2.74 bits per heavy atom. The minimum Gasteiger partial charge on any atom is -0.496 e. The van der Waals surface area contributed by atoms with E-state index in [2.05, 4.69) is 0 Å². The Kier molecular flexibility index (Phi) is 4.47. The van der Waals surface area contributed by atoms with Gasteiger partial charge in [0.25, 0.3) is 0 Å². The van der Waals surface area contributed by atoms with Crippen molar-refractivity contribution in [3.63, 3.8) is 0 Å². The van der Waals surface area contributed by atoms with Gasteiger partial charge in [-0.1, -0.05) is 24.3 Å². The highest BCUT2D eigenvalue weighted by molar-refractivity contribution is 7.98. The smallest absolute Gasteiger partial charge is 0.335 e. The number of carboxylic acid groups (broad SMARTS) is 1. The van der Waals surface area contributed by atoms with Crippen LogP contribution in [0.25, 0.3) is 0 Å². The molecule has 0 fully saturated rings. The van der Waals surface area contributed by atoms with Crippen molar-refractivity contribution in [3.05, 3.63) is 59.7 Å². The topological polar surface area (TPSA) is 46.5 Å². The maximum Gasteiger partial charge on any atom is 0.335 e. The number of carboxylic acids is 1. The Bertz CT molecular complexity index is 581. The highest BCUT2D eigenvalue weighted by Gasteiger charge is 2.05. The Hall–Kier alpha value is -1.94. The molecule has 0 atom stereocenters. The Balaban J connectivity index is 2.10. The third kappa shape index (κ3) is 3.51. The fourth-order valence-corrected chi connectivity index (χ4v) is 2.66. The first-order valence-electron chi connectivity index (χ1n) is 5.79. The predicted molar refractivity (Wildman–Crippen MR) is 76.0 cm³/mol. The summed E-state index contributed by atoms with van der Waals surface area (Å²) in [5.41, 5.74) is 1.30. The van der Waals surface area contributed by atoms with Gasteiger partial charge < -0.3 is 9.84 Å². The number of methoxy groups -OCH3 is 1. The molecule has 0 heterocycles. The lowest BCUT2D eigenvalue weighted by Crippen LogP contribution is -1.96. The van der Waals surface area contributed by atoms with Gasteiger partial charge in [-0.25, -0.2) is 4.79 Å². The second-order valence-corrected chi connectivity index (χ2v) is 4.96. The molecule has 0 amide bonds. The lowest BCUT2D eigenvalue weighted by molar-refractivity contribution is 0.0697. The van der Waals surface area contributed by atoms with E-state index in [9.17, 15) is 4.79 Å². The van der Waals surface area contributed by atoms with Crippen LogP contribution < -0.4 is 4.74 Å². The molecule has 2 aromatic carbocycles. The van der Waals surface area contributed by atoms with Gasteiger partial charge in [-0.3, -0.25) is 0 Å². The third-order valence-electron chi connectivity index (χ3n) is 2.64. The average Bonchev–Trinajstić information content (AvgIpc) is 2.45. The zero-order valence-corrected chi connectivity index (χ0v) is 11.3. The van der Waals surface area contributed by atoms with Crippen LogP contribution in [0.15, 0.2) is 53.4 Å². The highest BCUT2D eigenvalue weighted by atomic mass is 32.2. The van der Waals surface area contributed by atoms with Crippen molar-refractivity contribution in [2.75, 3.05) is 7.11 Å². The monoisotopic (exact) mass is 274 g/mol. The first-order chi connectivity index (χ1) is 9.20. The van der Waals surface area contributed by atoms with E-state index in [0.717, 1.165) is 16.2 Å². The van der Waals surface area contributed by atoms with Crippen LogP contribution in [-0.2, 0) is 5.75 Å². The molecular formula is C15H14O3S. The van der Waals surface area contributed by atoms with Gasteiger partial charge in [0, 0.05) is 10.6 Å². The Morgan fingerprint density at radius 2 is 2.00 bits per heavy atom. The highest BCUT2D eigenvalue weighted by Crippen LogP contribution is 2.31. The summed E-state index contributed by atoms with van der Waals surface area (Å²) in [7, 11) is 1.64. The molecule has 0 aromatic heterocycles. The fraction of sp³-hybridized carbons (Fsp3) is 0.133. The number of aromatic carboxylic acids is 1. The van der Waals surface area contributed by atoms with Gasteiger partial charge in [-0.2, -0.15) is 0 Å². The molecule has 1 N–H and O–H groups in total. The van der Waals surface area contributed by atoms with Crippen LogP contribution in [0.4, 0.5) is 0 Å². The van der Waals surface area contributed by atoms with Gasteiger partial charge in [0.05, 0.1) is 12.7 Å². The summed E-state index contributed by atoms with van der Waals surface area (Å²) in [6, 6.07) is 14.8. The van der Waals surface area contributed by atoms with Crippen molar-refractivity contribution in [3.8, 4) is 5.75 Å². The predicted octanol–water partition coefficient (Wildman–Crippen LogP) is 3.69. The summed E-state index contributed by atoms with van der Waals surface area (Å²) in [4.78, 5) is 11.9. The number of hydrogen-bond donors (Lipinski definition) is 1. The third-order valence-corrected chi connectivity index (χ3v) is 3.76. The van der Waals surface area contributed by atoms with E-state index in [1.165, 1.54) is 0 Å². The van der Waals surface area contributed by atoms with Crippen LogP contribution in [0, 0.1) is 0 Å². The molecule has 0 aliphatic carbocycles. The van der Waals surface area contributed by atoms with Crippen molar-refractivity contribution >= 4 is 17.7 Å². The van der Waals surface area contributed by atoms with Crippen molar-refractivity contribution in [2.45, 2.75) is 10.6 Å². The first kappa shape index (κ1) is 13.5. The molecule has 2 rings (SSSR count). The van der Waals surface area contributed by atoms with Gasteiger partial charge in [-0.05, 0) is 29.8 Å². The van der Waals surface area contributed by atoms with Crippen LogP contribution in [-0.4, -0.2) is 18.2 Å². The molecule has 98 valence electrons. The molecule has 0 radical (unpaired) electrons. The summed E-state index contributed by atoms with van der Waals surface area (Å²) >= 11 is 1.63. The molecular weight excluding hydrogens is 260 g/mol. The molecule has 4 heteroatoms. The van der Waals surface area contributed by atoms with Crippen LogP contribution in [0.1, 0.15) is 15.9 Å². The average molecular weight is 274 g/mol. The van der Waals surface area contributed by atoms with E-state index in [0.29, 0.717) is 11.3 Å². The van der Waals surface area contributed by atoms with Crippen LogP contribution in [0.3, 0.4) is 0 Å². The van der Waals surface area contributed by atoms with E-state index < -0.39 is 5.97 Å². The molecule has 0 aliphatic heterocycles. The number of para-hydroxylation sites is 1. The zero-order chi connectivity index (χ0) is 13.7. The van der Waals surface area contributed by atoms with Crippen molar-refractivity contribution in [1.29, 1.82) is 0 Å². The summed E-state index contributed by atoms with van der Waals surface area (Å²) in [5, 5.41) is 8.95. The van der Waals surface area contributed by atoms with Gasteiger partial charge in [0.1, 0.15) is 5.75 Å². The van der Waals surface area contributed by atoms with Crippen LogP contribution >= 0.6 is 11.8 Å². The second-order valence-electron chi connectivity index (χ2n) is 3.95.